The average Bonchev–Trinajstić information content (AvgIpc) is 2.34. The molecule has 0 saturated carbocycles. The Bertz CT molecular complexity index is 329. The molecule has 18 heavy (non-hydrogen) atoms. The number of piperidine rings is 1. The minimum atomic E-state index is -0.693. The van der Waals surface area contributed by atoms with Gasteiger partial charge in [0.2, 0.25) is 0 Å². The molecule has 1 fully saturated rings. The molecule has 2 N–H and O–H groups in total. The van der Waals surface area contributed by atoms with Gasteiger partial charge in [-0.1, -0.05) is 13.8 Å². The molecular formula is C12H22N4O2. The van der Waals surface area contributed by atoms with Crippen LogP contribution in [0.15, 0.2) is 5.10 Å². The van der Waals surface area contributed by atoms with Gasteiger partial charge in [0, 0.05) is 38.2 Å². The normalized spacial score (nSPS) is 16.6. The van der Waals surface area contributed by atoms with Crippen molar-refractivity contribution in [1.82, 2.24) is 15.6 Å². The number of likely N-dealkylation sites (tertiary alicyclic amines) is 1. The summed E-state index contributed by atoms with van der Waals surface area (Å²) in [5.74, 6) is -0.995. The third-order valence-corrected chi connectivity index (χ3v) is 2.76. The topological polar surface area (TPSA) is 73.8 Å². The maximum Gasteiger partial charge on any atom is 0.329 e. The predicted octanol–water partition coefficient (Wildman–Crippen LogP) is -0.0436. The van der Waals surface area contributed by atoms with E-state index in [2.05, 4.69) is 27.8 Å². The van der Waals surface area contributed by atoms with Crippen LogP contribution in [0, 0.1) is 5.92 Å². The molecule has 0 unspecified atom stereocenters. The quantitative estimate of drug-likeness (QED) is 0.548. The third-order valence-electron chi connectivity index (χ3n) is 2.76. The van der Waals surface area contributed by atoms with E-state index >= 15 is 0 Å². The van der Waals surface area contributed by atoms with Gasteiger partial charge in [0.25, 0.3) is 0 Å². The zero-order valence-corrected chi connectivity index (χ0v) is 11.3. The van der Waals surface area contributed by atoms with E-state index in [-0.39, 0.29) is 0 Å². The lowest BCUT2D eigenvalue weighted by Gasteiger charge is -2.22. The van der Waals surface area contributed by atoms with Crippen LogP contribution in [-0.4, -0.2) is 49.1 Å². The standard InChI is InChI=1S/C12H22N4O2/c1-9(2)8-13-11(17)12(18)15-14-10-4-6-16(3)7-5-10/h9H,4-8H2,1-3H3,(H,13,17)(H,15,18). The van der Waals surface area contributed by atoms with Gasteiger partial charge in [-0.05, 0) is 13.0 Å². The second kappa shape index (κ2) is 7.10. The molecule has 1 saturated heterocycles. The maximum atomic E-state index is 11.4. The number of hydrazone groups is 1. The second-order valence-electron chi connectivity index (χ2n) is 5.03. The van der Waals surface area contributed by atoms with Crippen LogP contribution in [-0.2, 0) is 9.59 Å². The Kier molecular flexibility index (Phi) is 5.77. The number of hydrogen-bond acceptors (Lipinski definition) is 4. The highest BCUT2D eigenvalue weighted by molar-refractivity contribution is 6.35. The van der Waals surface area contributed by atoms with E-state index in [1.165, 1.54) is 0 Å². The van der Waals surface area contributed by atoms with Gasteiger partial charge >= 0.3 is 11.8 Å². The van der Waals surface area contributed by atoms with Gasteiger partial charge in [-0.15, -0.1) is 0 Å². The van der Waals surface area contributed by atoms with Gasteiger partial charge in [-0.3, -0.25) is 9.59 Å². The van der Waals surface area contributed by atoms with Crippen molar-refractivity contribution in [2.75, 3.05) is 26.7 Å². The van der Waals surface area contributed by atoms with Crippen molar-refractivity contribution >= 4 is 17.5 Å². The predicted molar refractivity (Wildman–Crippen MR) is 70.2 cm³/mol. The Morgan fingerprint density at radius 1 is 1.28 bits per heavy atom. The zero-order chi connectivity index (χ0) is 13.5. The molecule has 1 heterocycles. The first kappa shape index (κ1) is 14.6. The van der Waals surface area contributed by atoms with Crippen LogP contribution in [0.3, 0.4) is 0 Å². The van der Waals surface area contributed by atoms with Gasteiger partial charge in [0.1, 0.15) is 0 Å². The molecule has 6 heteroatoms. The minimum Gasteiger partial charge on any atom is -0.348 e. The van der Waals surface area contributed by atoms with Crippen LogP contribution >= 0.6 is 0 Å². The highest BCUT2D eigenvalue weighted by atomic mass is 16.2. The summed E-state index contributed by atoms with van der Waals surface area (Å²) in [6, 6.07) is 0. The molecule has 0 radical (unpaired) electrons. The van der Waals surface area contributed by atoms with Crippen molar-refractivity contribution < 1.29 is 9.59 Å². The summed E-state index contributed by atoms with van der Waals surface area (Å²) in [4.78, 5) is 25.0. The van der Waals surface area contributed by atoms with E-state index in [0.29, 0.717) is 12.5 Å². The molecule has 1 aliphatic heterocycles. The van der Waals surface area contributed by atoms with E-state index in [4.69, 9.17) is 0 Å². The molecule has 102 valence electrons. The average molecular weight is 254 g/mol. The number of carbonyl (C=O) groups excluding carboxylic acids is 2. The fourth-order valence-corrected chi connectivity index (χ4v) is 1.55. The smallest absolute Gasteiger partial charge is 0.329 e. The van der Waals surface area contributed by atoms with Gasteiger partial charge in [0.05, 0.1) is 0 Å². The molecule has 1 rings (SSSR count). The molecule has 0 spiro atoms. The number of rotatable bonds is 3. The third kappa shape index (κ3) is 5.27. The Balaban J connectivity index is 2.31. The van der Waals surface area contributed by atoms with Gasteiger partial charge in [-0.25, -0.2) is 5.43 Å². The first-order chi connectivity index (χ1) is 8.49. The monoisotopic (exact) mass is 254 g/mol. The van der Waals surface area contributed by atoms with Crippen molar-refractivity contribution in [3.8, 4) is 0 Å². The van der Waals surface area contributed by atoms with Gasteiger partial charge in [0.15, 0.2) is 0 Å². The van der Waals surface area contributed by atoms with Crippen LogP contribution in [0.2, 0.25) is 0 Å². The Morgan fingerprint density at radius 2 is 1.89 bits per heavy atom. The first-order valence-electron chi connectivity index (χ1n) is 6.31. The molecule has 0 aliphatic carbocycles. The molecule has 0 bridgehead atoms. The lowest BCUT2D eigenvalue weighted by molar-refractivity contribution is -0.139. The minimum absolute atomic E-state index is 0.321. The number of nitrogens with zero attached hydrogens (tertiary/aromatic N) is 2. The van der Waals surface area contributed by atoms with Crippen molar-refractivity contribution in [2.24, 2.45) is 11.0 Å². The van der Waals surface area contributed by atoms with Gasteiger partial charge in [-0.2, -0.15) is 5.10 Å². The van der Waals surface area contributed by atoms with Gasteiger partial charge < -0.3 is 10.2 Å². The first-order valence-corrected chi connectivity index (χ1v) is 6.31. The lowest BCUT2D eigenvalue weighted by atomic mass is 10.1. The summed E-state index contributed by atoms with van der Waals surface area (Å²) in [5.41, 5.74) is 3.25. The van der Waals surface area contributed by atoms with E-state index in [0.717, 1.165) is 31.6 Å². The highest BCUT2D eigenvalue weighted by Gasteiger charge is 2.15. The molecule has 2 amide bonds. The largest absolute Gasteiger partial charge is 0.348 e. The number of carbonyl (C=O) groups is 2. The second-order valence-corrected chi connectivity index (χ2v) is 5.03. The Labute approximate surface area is 108 Å². The number of nitrogens with one attached hydrogen (secondary N) is 2. The molecule has 6 nitrogen and oxygen atoms in total. The summed E-state index contributed by atoms with van der Waals surface area (Å²) < 4.78 is 0. The highest BCUT2D eigenvalue weighted by Crippen LogP contribution is 2.03. The summed E-state index contributed by atoms with van der Waals surface area (Å²) in [6.45, 7) is 6.31. The molecule has 0 aromatic heterocycles. The van der Waals surface area contributed by atoms with Crippen molar-refractivity contribution in [3.05, 3.63) is 0 Å². The zero-order valence-electron chi connectivity index (χ0n) is 11.3. The molecule has 0 aromatic rings. The van der Waals surface area contributed by atoms with E-state index < -0.39 is 11.8 Å². The maximum absolute atomic E-state index is 11.4. The Morgan fingerprint density at radius 3 is 2.44 bits per heavy atom. The SMILES string of the molecule is CC(C)CNC(=O)C(=O)NN=C1CCN(C)CC1. The van der Waals surface area contributed by atoms with Crippen LogP contribution in [0.5, 0.6) is 0 Å². The molecule has 0 atom stereocenters. The van der Waals surface area contributed by atoms with Crippen LogP contribution in [0.25, 0.3) is 0 Å². The number of hydrogen-bond donors (Lipinski definition) is 2. The Hall–Kier alpha value is -1.43. The van der Waals surface area contributed by atoms with E-state index in [1.54, 1.807) is 0 Å². The number of amides is 2. The van der Waals surface area contributed by atoms with Crippen LogP contribution < -0.4 is 10.7 Å². The molecule has 0 aromatic carbocycles. The lowest BCUT2D eigenvalue weighted by Crippen LogP contribution is -2.40. The summed E-state index contributed by atoms with van der Waals surface area (Å²) >= 11 is 0. The summed E-state index contributed by atoms with van der Waals surface area (Å²) in [7, 11) is 2.05. The van der Waals surface area contributed by atoms with E-state index in [1.807, 2.05) is 13.8 Å². The fourth-order valence-electron chi connectivity index (χ4n) is 1.55. The van der Waals surface area contributed by atoms with E-state index in [9.17, 15) is 9.59 Å². The summed E-state index contributed by atoms with van der Waals surface area (Å²) in [6.07, 6.45) is 1.68. The van der Waals surface area contributed by atoms with Crippen molar-refractivity contribution in [1.29, 1.82) is 0 Å². The van der Waals surface area contributed by atoms with Crippen molar-refractivity contribution in [3.63, 3.8) is 0 Å². The summed E-state index contributed by atoms with van der Waals surface area (Å²) in [5, 5.41) is 6.54. The molecular weight excluding hydrogens is 232 g/mol. The fraction of sp³-hybridized carbons (Fsp3) is 0.750. The van der Waals surface area contributed by atoms with Crippen LogP contribution in [0.1, 0.15) is 26.7 Å². The van der Waals surface area contributed by atoms with Crippen LogP contribution in [0.4, 0.5) is 0 Å². The van der Waals surface area contributed by atoms with Crippen molar-refractivity contribution in [2.45, 2.75) is 26.7 Å². The molecule has 1 aliphatic rings.